The van der Waals surface area contributed by atoms with Crippen LogP contribution in [0, 0.1) is 13.8 Å². The van der Waals surface area contributed by atoms with Crippen LogP contribution in [-0.2, 0) is 0 Å². The van der Waals surface area contributed by atoms with Gasteiger partial charge >= 0.3 is 0 Å². The van der Waals surface area contributed by atoms with E-state index in [2.05, 4.69) is 50.2 Å². The Morgan fingerprint density at radius 3 is 2.53 bits per heavy atom. The number of hydrogen-bond acceptors (Lipinski definition) is 0. The molecule has 72 valence electrons. The normalized spacial score (nSPS) is 12.4. The lowest BCUT2D eigenvalue weighted by molar-refractivity contribution is 1.37. The summed E-state index contributed by atoms with van der Waals surface area (Å²) < 4.78 is 0. The molecule has 0 N–H and O–H groups in total. The van der Waals surface area contributed by atoms with Crippen molar-refractivity contribution >= 4 is 19.9 Å². The van der Waals surface area contributed by atoms with Crippen molar-refractivity contribution in [2.75, 3.05) is 0 Å². The maximum Gasteiger partial charge on any atom is 0.123 e. The van der Waals surface area contributed by atoms with Gasteiger partial charge in [0.05, 0.1) is 0 Å². The van der Waals surface area contributed by atoms with E-state index in [-0.39, 0.29) is 0 Å². The fourth-order valence-corrected chi connectivity index (χ4v) is 3.70. The maximum atomic E-state index is 2.27. The van der Waals surface area contributed by atoms with Crippen LogP contribution in [-0.4, -0.2) is 9.52 Å². The third-order valence-corrected chi connectivity index (χ3v) is 4.81. The molecule has 1 aliphatic heterocycles. The van der Waals surface area contributed by atoms with Crippen molar-refractivity contribution < 1.29 is 0 Å². The molecule has 0 unspecified atom stereocenters. The van der Waals surface area contributed by atoms with Crippen molar-refractivity contribution in [1.29, 1.82) is 0 Å². The van der Waals surface area contributed by atoms with E-state index in [1.807, 2.05) is 0 Å². The van der Waals surface area contributed by atoms with E-state index in [0.29, 0.717) is 0 Å². The molecule has 0 nitrogen and oxygen atoms in total. The lowest BCUT2D eigenvalue weighted by Gasteiger charge is -2.06. The number of aryl methyl sites for hydroxylation is 1. The highest BCUT2D eigenvalue weighted by Crippen LogP contribution is 2.22. The topological polar surface area (TPSA) is 0 Å². The summed E-state index contributed by atoms with van der Waals surface area (Å²) in [6, 6.07) is 13.3. The second kappa shape index (κ2) is 3.07. The van der Waals surface area contributed by atoms with Gasteiger partial charge in [-0.1, -0.05) is 41.6 Å². The molecule has 15 heavy (non-hydrogen) atoms. The van der Waals surface area contributed by atoms with Crippen LogP contribution in [0.2, 0.25) is 0 Å². The number of hydrogen-bond donors (Lipinski definition) is 0. The summed E-state index contributed by atoms with van der Waals surface area (Å²) in [6.45, 7) is 4.44. The first-order valence-electron chi connectivity index (χ1n) is 5.24. The van der Waals surface area contributed by atoms with Gasteiger partial charge in [-0.3, -0.25) is 0 Å². The van der Waals surface area contributed by atoms with E-state index in [1.54, 1.807) is 5.19 Å². The van der Waals surface area contributed by atoms with Crippen LogP contribution < -0.4 is 10.4 Å². The molecule has 2 aromatic carbocycles. The summed E-state index contributed by atoms with van der Waals surface area (Å²) in [6.07, 6.45) is 0. The van der Waals surface area contributed by atoms with Crippen molar-refractivity contribution in [3.63, 3.8) is 0 Å². The van der Waals surface area contributed by atoms with E-state index in [0.717, 1.165) is 9.52 Å². The van der Waals surface area contributed by atoms with Crippen LogP contribution in [0.3, 0.4) is 0 Å². The molecule has 0 aromatic heterocycles. The van der Waals surface area contributed by atoms with Gasteiger partial charge in [-0.05, 0) is 41.3 Å². The molecule has 1 heteroatoms. The molecule has 0 aliphatic carbocycles. The Morgan fingerprint density at radius 2 is 1.67 bits per heavy atom. The summed E-state index contributed by atoms with van der Waals surface area (Å²) in [5.41, 5.74) is 5.78. The highest BCUT2D eigenvalue weighted by molar-refractivity contribution is 6.73. The summed E-state index contributed by atoms with van der Waals surface area (Å²) in [5.74, 6) is 0. The average molecular weight is 208 g/mol. The summed E-state index contributed by atoms with van der Waals surface area (Å²) >= 11 is 0. The van der Waals surface area contributed by atoms with Gasteiger partial charge in [-0.2, -0.15) is 0 Å². The third-order valence-electron chi connectivity index (χ3n) is 3.21. The first kappa shape index (κ1) is 8.92. The van der Waals surface area contributed by atoms with Crippen molar-refractivity contribution in [3.8, 4) is 11.1 Å². The second-order valence-electron chi connectivity index (χ2n) is 4.10. The van der Waals surface area contributed by atoms with E-state index in [1.165, 1.54) is 27.4 Å². The molecule has 2 aromatic rings. The molecule has 1 aliphatic rings. The highest BCUT2D eigenvalue weighted by atomic mass is 28.2. The van der Waals surface area contributed by atoms with Gasteiger partial charge < -0.3 is 0 Å². The van der Waals surface area contributed by atoms with Crippen LogP contribution in [0.5, 0.6) is 0 Å². The molecular weight excluding hydrogens is 196 g/mol. The lowest BCUT2D eigenvalue weighted by Crippen LogP contribution is -2.23. The quantitative estimate of drug-likeness (QED) is 0.495. The summed E-state index contributed by atoms with van der Waals surface area (Å²) in [7, 11) is 0.846. The van der Waals surface area contributed by atoms with Gasteiger partial charge in [0, 0.05) is 0 Å². The predicted molar refractivity (Wildman–Crippen MR) is 66.4 cm³/mol. The zero-order valence-corrected chi connectivity index (χ0v) is 9.96. The van der Waals surface area contributed by atoms with Crippen LogP contribution in [0.25, 0.3) is 11.1 Å². The van der Waals surface area contributed by atoms with E-state index < -0.39 is 0 Å². The Kier molecular flexibility index (Phi) is 1.83. The molecule has 2 radical (unpaired) electrons. The van der Waals surface area contributed by atoms with Gasteiger partial charge in [0.25, 0.3) is 0 Å². The molecule has 1 heterocycles. The Balaban J connectivity index is 2.31. The van der Waals surface area contributed by atoms with Crippen molar-refractivity contribution in [2.24, 2.45) is 0 Å². The first-order chi connectivity index (χ1) is 7.27. The molecule has 0 saturated carbocycles. The SMILES string of the molecule is Cc1ccc2c(c1C)[Si]c1ccccc1-2. The number of benzene rings is 2. The lowest BCUT2D eigenvalue weighted by atomic mass is 10.0. The van der Waals surface area contributed by atoms with E-state index in [9.17, 15) is 0 Å². The smallest absolute Gasteiger partial charge is 0.0625 e. The molecule has 0 saturated heterocycles. The minimum Gasteiger partial charge on any atom is -0.0625 e. The standard InChI is InChI=1S/C14H12Si/c1-9-7-8-12-11-5-3-4-6-13(11)15-14(12)10(9)2/h3-8H,1-2H3. The summed E-state index contributed by atoms with van der Waals surface area (Å²) in [5, 5.41) is 3.05. The third kappa shape index (κ3) is 1.20. The van der Waals surface area contributed by atoms with Gasteiger partial charge in [0.1, 0.15) is 9.52 Å². The van der Waals surface area contributed by atoms with Crippen LogP contribution in [0.15, 0.2) is 36.4 Å². The zero-order chi connectivity index (χ0) is 10.4. The zero-order valence-electron chi connectivity index (χ0n) is 8.96. The molecular formula is C14H12Si. The van der Waals surface area contributed by atoms with Gasteiger partial charge in [0.15, 0.2) is 0 Å². The Labute approximate surface area is 92.8 Å². The fraction of sp³-hybridized carbons (Fsp3) is 0.143. The Bertz CT molecular complexity index is 541. The van der Waals surface area contributed by atoms with Crippen molar-refractivity contribution in [3.05, 3.63) is 47.5 Å². The summed E-state index contributed by atoms with van der Waals surface area (Å²) in [4.78, 5) is 0. The monoisotopic (exact) mass is 208 g/mol. The number of fused-ring (bicyclic) bond motifs is 3. The van der Waals surface area contributed by atoms with Crippen molar-refractivity contribution in [2.45, 2.75) is 13.8 Å². The molecule has 0 atom stereocenters. The predicted octanol–water partition coefficient (Wildman–Crippen LogP) is 1.94. The molecule has 0 bridgehead atoms. The Hall–Kier alpha value is -1.34. The maximum absolute atomic E-state index is 2.27. The molecule has 0 fully saturated rings. The largest absolute Gasteiger partial charge is 0.123 e. The van der Waals surface area contributed by atoms with Gasteiger partial charge in [-0.15, -0.1) is 0 Å². The molecule has 3 rings (SSSR count). The van der Waals surface area contributed by atoms with Crippen LogP contribution >= 0.6 is 0 Å². The average Bonchev–Trinajstić information content (AvgIpc) is 2.63. The highest BCUT2D eigenvalue weighted by Gasteiger charge is 2.20. The molecule has 0 spiro atoms. The minimum atomic E-state index is 0.846. The minimum absolute atomic E-state index is 0.846. The van der Waals surface area contributed by atoms with Gasteiger partial charge in [-0.25, -0.2) is 0 Å². The first-order valence-corrected chi connectivity index (χ1v) is 6.24. The molecule has 0 amide bonds. The van der Waals surface area contributed by atoms with Crippen LogP contribution in [0.1, 0.15) is 11.1 Å². The van der Waals surface area contributed by atoms with E-state index in [4.69, 9.17) is 0 Å². The van der Waals surface area contributed by atoms with E-state index >= 15 is 0 Å². The second-order valence-corrected chi connectivity index (χ2v) is 5.39. The van der Waals surface area contributed by atoms with Gasteiger partial charge in [0.2, 0.25) is 0 Å². The van der Waals surface area contributed by atoms with Crippen molar-refractivity contribution in [1.82, 2.24) is 0 Å². The van der Waals surface area contributed by atoms with Crippen LogP contribution in [0.4, 0.5) is 0 Å². The Morgan fingerprint density at radius 1 is 0.867 bits per heavy atom. The fourth-order valence-electron chi connectivity index (χ4n) is 2.16. The number of rotatable bonds is 0.